The zero-order chi connectivity index (χ0) is 12.4. The lowest BCUT2D eigenvalue weighted by Gasteiger charge is -2.05. The van der Waals surface area contributed by atoms with E-state index < -0.39 is 18.4 Å². The number of carboxylic acids is 1. The van der Waals surface area contributed by atoms with Gasteiger partial charge in [-0.1, -0.05) is 13.8 Å². The molecule has 5 heteroatoms. The van der Waals surface area contributed by atoms with Crippen molar-refractivity contribution in [3.63, 3.8) is 0 Å². The van der Waals surface area contributed by atoms with Crippen LogP contribution < -0.4 is 0 Å². The highest BCUT2D eigenvalue weighted by Crippen LogP contribution is 2.04. The summed E-state index contributed by atoms with van der Waals surface area (Å²) in [6.45, 7) is 4.38. The van der Waals surface area contributed by atoms with Gasteiger partial charge in [-0.15, -0.1) is 0 Å². The van der Waals surface area contributed by atoms with Crippen molar-refractivity contribution < 1.29 is 24.2 Å². The summed E-state index contributed by atoms with van der Waals surface area (Å²) in [5.74, 6) is -1.93. The van der Waals surface area contributed by atoms with Gasteiger partial charge in [0.15, 0.2) is 0 Å². The summed E-state index contributed by atoms with van der Waals surface area (Å²) in [5, 5.41) is 8.28. The second-order valence-electron chi connectivity index (χ2n) is 3.14. The number of esters is 1. The first-order chi connectivity index (χ1) is 7.60. The van der Waals surface area contributed by atoms with Crippen LogP contribution in [0, 0.1) is 0 Å². The van der Waals surface area contributed by atoms with Crippen LogP contribution in [0.4, 0.5) is 0 Å². The van der Waals surface area contributed by atoms with Gasteiger partial charge in [0, 0.05) is 0 Å². The molecule has 0 saturated carbocycles. The number of carbonyl (C=O) groups is 2. The Balaban J connectivity index is 3.57. The average molecular weight is 230 g/mol. The Morgan fingerprint density at radius 2 is 1.81 bits per heavy atom. The normalized spacial score (nSPS) is 9.38. The predicted molar refractivity (Wildman–Crippen MR) is 57.8 cm³/mol. The lowest BCUT2D eigenvalue weighted by molar-refractivity contribution is -0.151. The minimum Gasteiger partial charge on any atom is -0.498 e. The molecule has 0 fully saturated rings. The van der Waals surface area contributed by atoms with E-state index in [9.17, 15) is 9.59 Å². The summed E-state index contributed by atoms with van der Waals surface area (Å²) in [6.07, 6.45) is 2.90. The lowest BCUT2D eigenvalue weighted by atomic mass is 10.2. The predicted octanol–water partition coefficient (Wildman–Crippen LogP) is 1.72. The van der Waals surface area contributed by atoms with Gasteiger partial charge in [0.05, 0.1) is 6.26 Å². The van der Waals surface area contributed by atoms with Crippen molar-refractivity contribution in [2.75, 3.05) is 13.2 Å². The molecule has 0 aromatic heterocycles. The zero-order valence-electron chi connectivity index (χ0n) is 9.69. The minimum atomic E-state index is -1.19. The minimum absolute atomic E-state index is 0.0727. The number of carbonyl (C=O) groups excluding carboxylic acids is 1. The van der Waals surface area contributed by atoms with E-state index in [0.717, 1.165) is 12.8 Å². The molecule has 0 saturated heterocycles. The van der Waals surface area contributed by atoms with Gasteiger partial charge in [0.1, 0.15) is 19.6 Å². The summed E-state index contributed by atoms with van der Waals surface area (Å²) in [6, 6.07) is 0. The third kappa shape index (κ3) is 7.84. The first kappa shape index (κ1) is 14.5. The number of hydrogen-bond acceptors (Lipinski definition) is 4. The third-order valence-electron chi connectivity index (χ3n) is 1.92. The van der Waals surface area contributed by atoms with Crippen molar-refractivity contribution >= 4 is 11.9 Å². The maximum absolute atomic E-state index is 10.8. The Morgan fingerprint density at radius 1 is 1.19 bits per heavy atom. The summed E-state index contributed by atoms with van der Waals surface area (Å²) in [7, 11) is 0. The van der Waals surface area contributed by atoms with Crippen LogP contribution in [0.1, 0.15) is 33.1 Å². The van der Waals surface area contributed by atoms with Gasteiger partial charge in [-0.3, -0.25) is 9.59 Å². The van der Waals surface area contributed by atoms with Gasteiger partial charge in [-0.2, -0.15) is 0 Å². The molecule has 92 valence electrons. The molecule has 16 heavy (non-hydrogen) atoms. The van der Waals surface area contributed by atoms with Crippen LogP contribution in [0.2, 0.25) is 0 Å². The largest absolute Gasteiger partial charge is 0.498 e. The van der Waals surface area contributed by atoms with E-state index in [0.29, 0.717) is 0 Å². The van der Waals surface area contributed by atoms with Gasteiger partial charge >= 0.3 is 11.9 Å². The standard InChI is InChI=1S/C11H18O5/c1-3-9(4-2)8-15-5-6-16-11(14)7-10(12)13/h8H,3-7H2,1-2H3,(H,12,13). The Morgan fingerprint density at radius 3 is 2.31 bits per heavy atom. The molecule has 0 rings (SSSR count). The molecule has 0 aromatic rings. The number of aliphatic carboxylic acids is 1. The van der Waals surface area contributed by atoms with Crippen molar-refractivity contribution in [2.24, 2.45) is 0 Å². The fourth-order valence-corrected chi connectivity index (χ4v) is 0.972. The average Bonchev–Trinajstić information content (AvgIpc) is 2.22. The maximum atomic E-state index is 10.8. The van der Waals surface area contributed by atoms with Crippen LogP contribution in [0.15, 0.2) is 11.8 Å². The molecule has 5 nitrogen and oxygen atoms in total. The fraction of sp³-hybridized carbons (Fsp3) is 0.636. The highest BCUT2D eigenvalue weighted by atomic mass is 16.6. The Bertz CT molecular complexity index is 251. The smallest absolute Gasteiger partial charge is 0.317 e. The molecule has 0 aliphatic carbocycles. The summed E-state index contributed by atoms with van der Waals surface area (Å²) in [5.41, 5.74) is 1.18. The second-order valence-corrected chi connectivity index (χ2v) is 3.14. The highest BCUT2D eigenvalue weighted by Gasteiger charge is 2.07. The summed E-state index contributed by atoms with van der Waals surface area (Å²) in [4.78, 5) is 20.9. The first-order valence-corrected chi connectivity index (χ1v) is 5.27. The molecule has 0 heterocycles. The summed E-state index contributed by atoms with van der Waals surface area (Å²) < 4.78 is 9.77. The molecule has 0 aromatic carbocycles. The molecule has 0 bridgehead atoms. The topological polar surface area (TPSA) is 72.8 Å². The van der Waals surface area contributed by atoms with Crippen LogP contribution in [0.25, 0.3) is 0 Å². The van der Waals surface area contributed by atoms with E-state index in [4.69, 9.17) is 9.84 Å². The molecule has 0 unspecified atom stereocenters. The molecule has 0 aliphatic heterocycles. The van der Waals surface area contributed by atoms with Gasteiger partial charge in [-0.25, -0.2) is 0 Å². The van der Waals surface area contributed by atoms with E-state index >= 15 is 0 Å². The monoisotopic (exact) mass is 230 g/mol. The van der Waals surface area contributed by atoms with Gasteiger partial charge in [-0.05, 0) is 18.4 Å². The van der Waals surface area contributed by atoms with Crippen LogP contribution in [-0.2, 0) is 19.1 Å². The Hall–Kier alpha value is -1.52. The van der Waals surface area contributed by atoms with Crippen LogP contribution in [-0.4, -0.2) is 30.3 Å². The fourth-order valence-electron chi connectivity index (χ4n) is 0.972. The Labute approximate surface area is 95.0 Å². The molecule has 0 spiro atoms. The van der Waals surface area contributed by atoms with E-state index in [-0.39, 0.29) is 13.2 Å². The highest BCUT2D eigenvalue weighted by molar-refractivity contribution is 5.90. The maximum Gasteiger partial charge on any atom is 0.317 e. The molecule has 0 aliphatic rings. The van der Waals surface area contributed by atoms with Crippen molar-refractivity contribution in [1.82, 2.24) is 0 Å². The first-order valence-electron chi connectivity index (χ1n) is 5.27. The quantitative estimate of drug-likeness (QED) is 0.297. The van der Waals surface area contributed by atoms with E-state index in [1.165, 1.54) is 5.57 Å². The number of rotatable bonds is 8. The van der Waals surface area contributed by atoms with Crippen molar-refractivity contribution in [3.05, 3.63) is 11.8 Å². The Kier molecular flexibility index (Phi) is 7.93. The van der Waals surface area contributed by atoms with E-state index in [1.54, 1.807) is 6.26 Å². The molecule has 0 radical (unpaired) electrons. The SMILES string of the molecule is CCC(=COCCOC(=O)CC(=O)O)CC. The number of ether oxygens (including phenoxy) is 2. The zero-order valence-corrected chi connectivity index (χ0v) is 9.69. The van der Waals surface area contributed by atoms with Gasteiger partial charge in [0.25, 0.3) is 0 Å². The molecule has 1 N–H and O–H groups in total. The van der Waals surface area contributed by atoms with E-state index in [1.807, 2.05) is 13.8 Å². The molecule has 0 amide bonds. The molecular weight excluding hydrogens is 212 g/mol. The van der Waals surface area contributed by atoms with Crippen molar-refractivity contribution in [2.45, 2.75) is 33.1 Å². The number of allylic oxidation sites excluding steroid dienone is 1. The van der Waals surface area contributed by atoms with Gasteiger partial charge < -0.3 is 14.6 Å². The molecule has 0 atom stereocenters. The lowest BCUT2D eigenvalue weighted by Crippen LogP contribution is -2.13. The molecular formula is C11H18O5. The van der Waals surface area contributed by atoms with Crippen LogP contribution in [0.5, 0.6) is 0 Å². The van der Waals surface area contributed by atoms with Crippen molar-refractivity contribution in [3.8, 4) is 0 Å². The van der Waals surface area contributed by atoms with E-state index in [2.05, 4.69) is 4.74 Å². The van der Waals surface area contributed by atoms with Gasteiger partial charge in [0.2, 0.25) is 0 Å². The van der Waals surface area contributed by atoms with Crippen LogP contribution >= 0.6 is 0 Å². The second kappa shape index (κ2) is 8.76. The third-order valence-corrected chi connectivity index (χ3v) is 1.92. The van der Waals surface area contributed by atoms with Crippen LogP contribution in [0.3, 0.4) is 0 Å². The summed E-state index contributed by atoms with van der Waals surface area (Å²) >= 11 is 0. The number of hydrogen-bond donors (Lipinski definition) is 1. The van der Waals surface area contributed by atoms with Crippen molar-refractivity contribution in [1.29, 1.82) is 0 Å². The number of carboxylic acid groups (broad SMARTS) is 1.